The average Bonchev–Trinajstić information content (AvgIpc) is 2.74. The number of likely N-dealkylation sites (tertiary alicyclic amines) is 1. The molecule has 5 heteroatoms. The van der Waals surface area contributed by atoms with Crippen LogP contribution in [0.3, 0.4) is 0 Å². The molecule has 0 aromatic heterocycles. The van der Waals surface area contributed by atoms with Gasteiger partial charge in [-0.05, 0) is 43.1 Å². The molecule has 1 aromatic carbocycles. The minimum Gasteiger partial charge on any atom is -0.399 e. The summed E-state index contributed by atoms with van der Waals surface area (Å²) in [6.07, 6.45) is 1.86. The van der Waals surface area contributed by atoms with Gasteiger partial charge in [-0.2, -0.15) is 0 Å². The van der Waals surface area contributed by atoms with Gasteiger partial charge in [0.05, 0.1) is 6.04 Å². The lowest BCUT2D eigenvalue weighted by molar-refractivity contribution is -0.133. The lowest BCUT2D eigenvalue weighted by atomic mass is 10.1. The van der Waals surface area contributed by atoms with E-state index in [1.165, 1.54) is 12.1 Å². The van der Waals surface area contributed by atoms with Crippen LogP contribution in [0.15, 0.2) is 18.2 Å². The number of nitrogens with two attached hydrogens (primary N) is 1. The van der Waals surface area contributed by atoms with Crippen LogP contribution >= 0.6 is 0 Å². The predicted molar refractivity (Wildman–Crippen MR) is 72.9 cm³/mol. The zero-order valence-corrected chi connectivity index (χ0v) is 11.4. The summed E-state index contributed by atoms with van der Waals surface area (Å²) in [7, 11) is 3.53. The van der Waals surface area contributed by atoms with E-state index in [2.05, 4.69) is 4.90 Å². The second-order valence-electron chi connectivity index (χ2n) is 5.25. The molecule has 104 valence electrons. The first kappa shape index (κ1) is 13.8. The zero-order chi connectivity index (χ0) is 14.0. The van der Waals surface area contributed by atoms with Crippen molar-refractivity contribution in [1.29, 1.82) is 0 Å². The highest BCUT2D eigenvalue weighted by Gasteiger charge is 2.31. The summed E-state index contributed by atoms with van der Waals surface area (Å²) in [6, 6.07) is 4.44. The van der Waals surface area contributed by atoms with Crippen molar-refractivity contribution in [2.24, 2.45) is 0 Å². The predicted octanol–water partition coefficient (Wildman–Crippen LogP) is 1.46. The van der Waals surface area contributed by atoms with Crippen LogP contribution in [0.1, 0.15) is 18.4 Å². The van der Waals surface area contributed by atoms with E-state index >= 15 is 0 Å². The molecule has 19 heavy (non-hydrogen) atoms. The highest BCUT2D eigenvalue weighted by Crippen LogP contribution is 2.22. The van der Waals surface area contributed by atoms with Crippen molar-refractivity contribution >= 4 is 11.6 Å². The van der Waals surface area contributed by atoms with E-state index in [4.69, 9.17) is 5.73 Å². The minimum absolute atomic E-state index is 0.0977. The quantitative estimate of drug-likeness (QED) is 0.842. The Hall–Kier alpha value is -1.62. The fourth-order valence-corrected chi connectivity index (χ4v) is 2.59. The smallest absolute Gasteiger partial charge is 0.239 e. The summed E-state index contributed by atoms with van der Waals surface area (Å²) < 4.78 is 13.3. The number of nitrogen functional groups attached to an aromatic ring is 1. The summed E-state index contributed by atoms with van der Waals surface area (Å²) in [5.74, 6) is -0.216. The first-order valence-corrected chi connectivity index (χ1v) is 6.47. The van der Waals surface area contributed by atoms with Gasteiger partial charge < -0.3 is 10.6 Å². The molecule has 2 N–H and O–H groups in total. The van der Waals surface area contributed by atoms with Crippen molar-refractivity contribution in [2.75, 3.05) is 26.4 Å². The van der Waals surface area contributed by atoms with Crippen molar-refractivity contribution in [3.05, 3.63) is 29.6 Å². The molecule has 1 aliphatic heterocycles. The number of nitrogens with zero attached hydrogens (tertiary/aromatic N) is 2. The van der Waals surface area contributed by atoms with Gasteiger partial charge in [-0.1, -0.05) is 0 Å². The molecular formula is C14H20FN3O. The van der Waals surface area contributed by atoms with Crippen molar-refractivity contribution < 1.29 is 9.18 Å². The van der Waals surface area contributed by atoms with E-state index in [-0.39, 0.29) is 17.8 Å². The third kappa shape index (κ3) is 3.23. The van der Waals surface area contributed by atoms with Crippen LogP contribution in [-0.4, -0.2) is 42.4 Å². The molecule has 0 spiro atoms. The van der Waals surface area contributed by atoms with Gasteiger partial charge in [0.2, 0.25) is 5.91 Å². The fraction of sp³-hybridized carbons (Fsp3) is 0.500. The molecule has 0 saturated carbocycles. The van der Waals surface area contributed by atoms with Crippen molar-refractivity contribution in [1.82, 2.24) is 9.80 Å². The summed E-state index contributed by atoms with van der Waals surface area (Å²) in [5.41, 5.74) is 6.88. The van der Waals surface area contributed by atoms with Crippen molar-refractivity contribution in [3.8, 4) is 0 Å². The van der Waals surface area contributed by atoms with Gasteiger partial charge >= 0.3 is 0 Å². The Morgan fingerprint density at radius 2 is 2.21 bits per heavy atom. The molecule has 1 unspecified atom stereocenters. The van der Waals surface area contributed by atoms with Crippen LogP contribution in [0.5, 0.6) is 0 Å². The van der Waals surface area contributed by atoms with E-state index in [1.54, 1.807) is 25.1 Å². The number of likely N-dealkylation sites (N-methyl/N-ethyl adjacent to an activating group) is 1. The van der Waals surface area contributed by atoms with Crippen molar-refractivity contribution in [2.45, 2.75) is 25.4 Å². The molecular weight excluding hydrogens is 245 g/mol. The van der Waals surface area contributed by atoms with Gasteiger partial charge in [-0.15, -0.1) is 0 Å². The molecule has 1 saturated heterocycles. The maximum absolute atomic E-state index is 13.3. The van der Waals surface area contributed by atoms with E-state index in [0.29, 0.717) is 12.2 Å². The van der Waals surface area contributed by atoms with Gasteiger partial charge in [0, 0.05) is 26.3 Å². The highest BCUT2D eigenvalue weighted by molar-refractivity contribution is 5.81. The topological polar surface area (TPSA) is 49.6 Å². The van der Waals surface area contributed by atoms with Crippen LogP contribution in [-0.2, 0) is 11.3 Å². The monoisotopic (exact) mass is 265 g/mol. The number of carbonyl (C=O) groups is 1. The van der Waals surface area contributed by atoms with Gasteiger partial charge in [-0.25, -0.2) is 4.39 Å². The number of amides is 1. The molecule has 0 bridgehead atoms. The summed E-state index contributed by atoms with van der Waals surface area (Å²) in [6.45, 7) is 1.42. The molecule has 1 fully saturated rings. The van der Waals surface area contributed by atoms with E-state index < -0.39 is 0 Å². The Bertz CT molecular complexity index is 456. The first-order chi connectivity index (χ1) is 8.97. The number of hydrogen-bond donors (Lipinski definition) is 1. The first-order valence-electron chi connectivity index (χ1n) is 6.47. The number of rotatable bonds is 3. The summed E-state index contributed by atoms with van der Waals surface area (Å²) in [4.78, 5) is 15.8. The van der Waals surface area contributed by atoms with Gasteiger partial charge in [0.1, 0.15) is 5.82 Å². The van der Waals surface area contributed by atoms with Gasteiger partial charge in [-0.3, -0.25) is 9.69 Å². The average molecular weight is 265 g/mol. The largest absolute Gasteiger partial charge is 0.399 e. The van der Waals surface area contributed by atoms with Crippen LogP contribution < -0.4 is 5.73 Å². The molecule has 2 rings (SSSR count). The summed E-state index contributed by atoms with van der Waals surface area (Å²) in [5, 5.41) is 0. The SMILES string of the molecule is CN(C)C(=O)C1CCCN1Cc1cc(N)cc(F)c1. The molecule has 0 aliphatic carbocycles. The zero-order valence-electron chi connectivity index (χ0n) is 11.4. The number of carbonyl (C=O) groups excluding carboxylic acids is 1. The molecule has 1 amide bonds. The molecule has 1 aromatic rings. The Morgan fingerprint density at radius 1 is 1.47 bits per heavy atom. The second kappa shape index (κ2) is 5.57. The molecule has 1 atom stereocenters. The molecule has 1 aliphatic rings. The van der Waals surface area contributed by atoms with Gasteiger partial charge in [0.15, 0.2) is 0 Å². The normalized spacial score (nSPS) is 19.6. The maximum Gasteiger partial charge on any atom is 0.239 e. The number of hydrogen-bond acceptors (Lipinski definition) is 3. The Labute approximate surface area is 113 Å². The summed E-state index contributed by atoms with van der Waals surface area (Å²) >= 11 is 0. The van der Waals surface area contributed by atoms with E-state index in [9.17, 15) is 9.18 Å². The number of anilines is 1. The van der Waals surface area contributed by atoms with E-state index in [0.717, 1.165) is 24.9 Å². The number of benzene rings is 1. The Morgan fingerprint density at radius 3 is 2.84 bits per heavy atom. The van der Waals surface area contributed by atoms with Crippen LogP contribution in [0.25, 0.3) is 0 Å². The third-order valence-electron chi connectivity index (χ3n) is 3.46. The number of halogens is 1. The Kier molecular flexibility index (Phi) is 4.04. The third-order valence-corrected chi connectivity index (χ3v) is 3.46. The van der Waals surface area contributed by atoms with Crippen molar-refractivity contribution in [3.63, 3.8) is 0 Å². The highest BCUT2D eigenvalue weighted by atomic mass is 19.1. The van der Waals surface area contributed by atoms with Crippen LogP contribution in [0, 0.1) is 5.82 Å². The standard InChI is InChI=1S/C14H20FN3O/c1-17(2)14(19)13-4-3-5-18(13)9-10-6-11(15)8-12(16)7-10/h6-8,13H,3-5,9,16H2,1-2H3. The van der Waals surface area contributed by atoms with Gasteiger partial charge in [0.25, 0.3) is 0 Å². The minimum atomic E-state index is -0.329. The second-order valence-corrected chi connectivity index (χ2v) is 5.25. The molecule has 0 radical (unpaired) electrons. The van der Waals surface area contributed by atoms with Crippen LogP contribution in [0.4, 0.5) is 10.1 Å². The maximum atomic E-state index is 13.3. The lowest BCUT2D eigenvalue weighted by Crippen LogP contribution is -2.42. The molecule has 4 nitrogen and oxygen atoms in total. The molecule has 1 heterocycles. The lowest BCUT2D eigenvalue weighted by Gasteiger charge is -2.26. The van der Waals surface area contributed by atoms with Crippen LogP contribution in [0.2, 0.25) is 0 Å². The fourth-order valence-electron chi connectivity index (χ4n) is 2.59. The van der Waals surface area contributed by atoms with E-state index in [1.807, 2.05) is 0 Å². The Balaban J connectivity index is 2.11.